The van der Waals surface area contributed by atoms with Gasteiger partial charge < -0.3 is 15.4 Å². The molecule has 106 valence electrons. The zero-order valence-electron chi connectivity index (χ0n) is 11.6. The van der Waals surface area contributed by atoms with Gasteiger partial charge in [-0.25, -0.2) is 4.39 Å². The molecule has 1 aromatic carbocycles. The lowest BCUT2D eigenvalue weighted by atomic mass is 10.2. The number of rotatable bonds is 7. The van der Waals surface area contributed by atoms with Crippen LogP contribution in [0.3, 0.4) is 0 Å². The Kier molecular flexibility index (Phi) is 6.29. The summed E-state index contributed by atoms with van der Waals surface area (Å²) in [5, 5.41) is 5.66. The smallest absolute Gasteiger partial charge is 0.260 e. The molecule has 0 aliphatic rings. The summed E-state index contributed by atoms with van der Waals surface area (Å²) in [7, 11) is 1.77. The number of hydrogen-bond donors (Lipinski definition) is 2. The fraction of sp³-hybridized carbons (Fsp3) is 0.500. The molecule has 1 rings (SSSR count). The van der Waals surface area contributed by atoms with Crippen LogP contribution in [0.5, 0.6) is 5.75 Å². The van der Waals surface area contributed by atoms with E-state index in [4.69, 9.17) is 4.74 Å². The maximum absolute atomic E-state index is 13.8. The SMILES string of the molecule is CCCNC(=O)C(C)Oc1c(F)cccc1CNC. The molecule has 0 aromatic heterocycles. The van der Waals surface area contributed by atoms with E-state index in [1.807, 2.05) is 6.92 Å². The van der Waals surface area contributed by atoms with Crippen molar-refractivity contribution in [2.45, 2.75) is 32.9 Å². The Morgan fingerprint density at radius 1 is 1.47 bits per heavy atom. The highest BCUT2D eigenvalue weighted by Gasteiger charge is 2.18. The van der Waals surface area contributed by atoms with Crippen LogP contribution in [0, 0.1) is 5.82 Å². The number of hydrogen-bond acceptors (Lipinski definition) is 3. The Bertz CT molecular complexity index is 424. The van der Waals surface area contributed by atoms with Gasteiger partial charge in [0, 0.05) is 18.7 Å². The minimum absolute atomic E-state index is 0.135. The van der Waals surface area contributed by atoms with Crippen LogP contribution in [0.1, 0.15) is 25.8 Å². The van der Waals surface area contributed by atoms with Gasteiger partial charge in [0.25, 0.3) is 5.91 Å². The molecular formula is C14H21FN2O2. The molecule has 1 amide bonds. The van der Waals surface area contributed by atoms with Crippen molar-refractivity contribution in [2.75, 3.05) is 13.6 Å². The van der Waals surface area contributed by atoms with Crippen molar-refractivity contribution in [3.8, 4) is 5.75 Å². The first-order chi connectivity index (χ1) is 9.10. The second-order valence-corrected chi connectivity index (χ2v) is 4.31. The summed E-state index contributed by atoms with van der Waals surface area (Å²) in [6.07, 6.45) is 0.127. The van der Waals surface area contributed by atoms with E-state index in [-0.39, 0.29) is 11.7 Å². The Labute approximate surface area is 113 Å². The van der Waals surface area contributed by atoms with Crippen molar-refractivity contribution in [1.82, 2.24) is 10.6 Å². The number of carbonyl (C=O) groups excluding carboxylic acids is 1. The maximum atomic E-state index is 13.8. The van der Waals surface area contributed by atoms with E-state index in [1.54, 1.807) is 26.1 Å². The summed E-state index contributed by atoms with van der Waals surface area (Å²) in [5.41, 5.74) is 0.692. The average molecular weight is 268 g/mol. The van der Waals surface area contributed by atoms with Gasteiger partial charge in [0.1, 0.15) is 0 Å². The van der Waals surface area contributed by atoms with Gasteiger partial charge in [-0.3, -0.25) is 4.79 Å². The minimum atomic E-state index is -0.723. The molecule has 0 aliphatic heterocycles. The fourth-order valence-corrected chi connectivity index (χ4v) is 1.64. The summed E-state index contributed by atoms with van der Waals surface area (Å²) in [4.78, 5) is 11.7. The monoisotopic (exact) mass is 268 g/mol. The van der Waals surface area contributed by atoms with Crippen molar-refractivity contribution < 1.29 is 13.9 Å². The lowest BCUT2D eigenvalue weighted by molar-refractivity contribution is -0.127. The maximum Gasteiger partial charge on any atom is 0.260 e. The molecule has 0 fully saturated rings. The molecular weight excluding hydrogens is 247 g/mol. The van der Waals surface area contributed by atoms with Crippen molar-refractivity contribution in [3.05, 3.63) is 29.6 Å². The average Bonchev–Trinajstić information content (AvgIpc) is 2.40. The Morgan fingerprint density at radius 3 is 2.84 bits per heavy atom. The number of nitrogens with one attached hydrogen (secondary N) is 2. The highest BCUT2D eigenvalue weighted by molar-refractivity contribution is 5.80. The van der Waals surface area contributed by atoms with E-state index in [0.717, 1.165) is 6.42 Å². The van der Waals surface area contributed by atoms with Crippen molar-refractivity contribution in [2.24, 2.45) is 0 Å². The molecule has 0 bridgehead atoms. The van der Waals surface area contributed by atoms with Gasteiger partial charge >= 0.3 is 0 Å². The standard InChI is InChI=1S/C14H21FN2O2/c1-4-8-17-14(18)10(2)19-13-11(9-16-3)6-5-7-12(13)15/h5-7,10,16H,4,8-9H2,1-3H3,(H,17,18). The largest absolute Gasteiger partial charge is 0.477 e. The molecule has 2 N–H and O–H groups in total. The molecule has 5 heteroatoms. The van der Waals surface area contributed by atoms with E-state index >= 15 is 0 Å². The van der Waals surface area contributed by atoms with Crippen LogP contribution in [0.2, 0.25) is 0 Å². The van der Waals surface area contributed by atoms with E-state index in [9.17, 15) is 9.18 Å². The minimum Gasteiger partial charge on any atom is -0.477 e. The van der Waals surface area contributed by atoms with Crippen molar-refractivity contribution in [1.29, 1.82) is 0 Å². The lowest BCUT2D eigenvalue weighted by Crippen LogP contribution is -2.37. The number of amides is 1. The van der Waals surface area contributed by atoms with Gasteiger partial charge in [-0.15, -0.1) is 0 Å². The third-order valence-electron chi connectivity index (χ3n) is 2.63. The predicted molar refractivity (Wildman–Crippen MR) is 72.6 cm³/mol. The van der Waals surface area contributed by atoms with Crippen LogP contribution in [0.15, 0.2) is 18.2 Å². The first kappa shape index (κ1) is 15.4. The molecule has 19 heavy (non-hydrogen) atoms. The normalized spacial score (nSPS) is 12.0. The number of benzene rings is 1. The molecule has 1 aromatic rings. The first-order valence-corrected chi connectivity index (χ1v) is 6.46. The Hall–Kier alpha value is -1.62. The zero-order chi connectivity index (χ0) is 14.3. The van der Waals surface area contributed by atoms with Crippen LogP contribution in [-0.2, 0) is 11.3 Å². The summed E-state index contributed by atoms with van der Waals surface area (Å²) in [6, 6.07) is 4.72. The summed E-state index contributed by atoms with van der Waals surface area (Å²) >= 11 is 0. The van der Waals surface area contributed by atoms with E-state index in [2.05, 4.69) is 10.6 Å². The molecule has 0 saturated carbocycles. The van der Waals surface area contributed by atoms with Gasteiger partial charge in [-0.2, -0.15) is 0 Å². The number of para-hydroxylation sites is 1. The highest BCUT2D eigenvalue weighted by Crippen LogP contribution is 2.23. The number of ether oxygens (including phenoxy) is 1. The van der Waals surface area contributed by atoms with Crippen LogP contribution >= 0.6 is 0 Å². The molecule has 0 spiro atoms. The number of halogens is 1. The topological polar surface area (TPSA) is 50.4 Å². The van der Waals surface area contributed by atoms with Gasteiger partial charge in [0.05, 0.1) is 0 Å². The van der Waals surface area contributed by atoms with Gasteiger partial charge in [0.15, 0.2) is 17.7 Å². The van der Waals surface area contributed by atoms with Gasteiger partial charge in [0.2, 0.25) is 0 Å². The van der Waals surface area contributed by atoms with Crippen molar-refractivity contribution in [3.63, 3.8) is 0 Å². The Morgan fingerprint density at radius 2 is 2.21 bits per heavy atom. The molecule has 0 radical (unpaired) electrons. The second-order valence-electron chi connectivity index (χ2n) is 4.31. The quantitative estimate of drug-likeness (QED) is 0.793. The highest BCUT2D eigenvalue weighted by atomic mass is 19.1. The first-order valence-electron chi connectivity index (χ1n) is 6.46. The van der Waals surface area contributed by atoms with Crippen LogP contribution in [0.4, 0.5) is 4.39 Å². The molecule has 1 atom stereocenters. The molecule has 0 aliphatic carbocycles. The van der Waals surface area contributed by atoms with E-state index in [1.165, 1.54) is 6.07 Å². The Balaban J connectivity index is 2.77. The van der Waals surface area contributed by atoms with E-state index < -0.39 is 11.9 Å². The third kappa shape index (κ3) is 4.52. The third-order valence-corrected chi connectivity index (χ3v) is 2.63. The molecule has 4 nitrogen and oxygen atoms in total. The zero-order valence-corrected chi connectivity index (χ0v) is 11.6. The fourth-order valence-electron chi connectivity index (χ4n) is 1.64. The number of carbonyl (C=O) groups is 1. The predicted octanol–water partition coefficient (Wildman–Crippen LogP) is 1.84. The van der Waals surface area contributed by atoms with E-state index in [0.29, 0.717) is 18.7 Å². The van der Waals surface area contributed by atoms with Gasteiger partial charge in [-0.05, 0) is 26.5 Å². The van der Waals surface area contributed by atoms with Gasteiger partial charge in [-0.1, -0.05) is 19.1 Å². The lowest BCUT2D eigenvalue weighted by Gasteiger charge is -2.17. The second kappa shape index (κ2) is 7.74. The molecule has 0 saturated heterocycles. The van der Waals surface area contributed by atoms with Crippen LogP contribution in [0.25, 0.3) is 0 Å². The van der Waals surface area contributed by atoms with Crippen molar-refractivity contribution >= 4 is 5.91 Å². The summed E-state index contributed by atoms with van der Waals surface area (Å²) < 4.78 is 19.2. The van der Waals surface area contributed by atoms with Crippen LogP contribution in [-0.4, -0.2) is 25.6 Å². The molecule has 0 heterocycles. The van der Waals surface area contributed by atoms with Crippen LogP contribution < -0.4 is 15.4 Å². The molecule has 1 unspecified atom stereocenters. The summed E-state index contributed by atoms with van der Waals surface area (Å²) in [5.74, 6) is -0.556. The summed E-state index contributed by atoms with van der Waals surface area (Å²) in [6.45, 7) is 4.65.